The van der Waals surface area contributed by atoms with Crippen LogP contribution in [0.1, 0.15) is 5.56 Å². The van der Waals surface area contributed by atoms with E-state index >= 15 is 0 Å². The van der Waals surface area contributed by atoms with E-state index in [2.05, 4.69) is 0 Å². The summed E-state index contributed by atoms with van der Waals surface area (Å²) in [6, 6.07) is 18.1. The Morgan fingerprint density at radius 1 is 0.842 bits per heavy atom. The van der Waals surface area contributed by atoms with E-state index in [-0.39, 0.29) is 12.4 Å². The predicted octanol–water partition coefficient (Wildman–Crippen LogP) is 2.68. The van der Waals surface area contributed by atoms with Crippen molar-refractivity contribution in [3.63, 3.8) is 0 Å². The van der Waals surface area contributed by atoms with Crippen LogP contribution in [0.3, 0.4) is 0 Å². The van der Waals surface area contributed by atoms with Crippen molar-refractivity contribution in [2.24, 2.45) is 0 Å². The first kappa shape index (κ1) is 13.8. The molecule has 0 atom stereocenters. The Balaban J connectivity index is 1.83. The smallest absolute Gasteiger partial charge is 0.180 e. The lowest BCUT2D eigenvalue weighted by Crippen LogP contribution is -2.12. The molecular formula is C15H16O3S. The van der Waals surface area contributed by atoms with Crippen LogP contribution < -0.4 is 0 Å². The second kappa shape index (κ2) is 6.50. The zero-order chi connectivity index (χ0) is 13.6. The summed E-state index contributed by atoms with van der Waals surface area (Å²) >= 11 is 0. The van der Waals surface area contributed by atoms with Gasteiger partial charge in [0.2, 0.25) is 0 Å². The van der Waals surface area contributed by atoms with Gasteiger partial charge in [-0.1, -0.05) is 48.5 Å². The van der Waals surface area contributed by atoms with Gasteiger partial charge in [0.1, 0.15) is 0 Å². The summed E-state index contributed by atoms with van der Waals surface area (Å²) in [5.74, 6) is 0.00382. The van der Waals surface area contributed by atoms with Crippen LogP contribution in [0.5, 0.6) is 0 Å². The first-order valence-corrected chi connectivity index (χ1v) is 7.73. The van der Waals surface area contributed by atoms with Crippen LogP contribution in [0.15, 0.2) is 65.6 Å². The minimum atomic E-state index is -3.24. The molecule has 0 aromatic heterocycles. The number of ether oxygens (including phenoxy) is 1. The molecule has 2 aromatic rings. The predicted molar refractivity (Wildman–Crippen MR) is 74.6 cm³/mol. The number of hydrogen-bond donors (Lipinski definition) is 0. The van der Waals surface area contributed by atoms with Crippen molar-refractivity contribution in [1.29, 1.82) is 0 Å². The van der Waals surface area contributed by atoms with E-state index in [1.165, 1.54) is 0 Å². The molecule has 4 heteroatoms. The van der Waals surface area contributed by atoms with E-state index in [1.54, 1.807) is 30.3 Å². The highest BCUT2D eigenvalue weighted by Gasteiger charge is 2.13. The summed E-state index contributed by atoms with van der Waals surface area (Å²) in [5.41, 5.74) is 1.04. The molecule has 2 aromatic carbocycles. The van der Waals surface area contributed by atoms with E-state index in [0.717, 1.165) is 5.56 Å². The molecule has 0 unspecified atom stereocenters. The van der Waals surface area contributed by atoms with E-state index < -0.39 is 9.84 Å². The van der Waals surface area contributed by atoms with Crippen molar-refractivity contribution >= 4 is 9.84 Å². The van der Waals surface area contributed by atoms with Crippen molar-refractivity contribution in [1.82, 2.24) is 0 Å². The molecule has 2 rings (SSSR count). The topological polar surface area (TPSA) is 43.4 Å². The van der Waals surface area contributed by atoms with Crippen LogP contribution in [-0.2, 0) is 21.2 Å². The molecule has 0 amide bonds. The minimum Gasteiger partial charge on any atom is -0.376 e. The van der Waals surface area contributed by atoms with Crippen molar-refractivity contribution in [3.05, 3.63) is 66.2 Å². The fourth-order valence-electron chi connectivity index (χ4n) is 1.68. The zero-order valence-corrected chi connectivity index (χ0v) is 11.3. The van der Waals surface area contributed by atoms with Crippen LogP contribution in [0.4, 0.5) is 0 Å². The highest BCUT2D eigenvalue weighted by atomic mass is 32.2. The molecule has 0 saturated heterocycles. The molecule has 0 N–H and O–H groups in total. The lowest BCUT2D eigenvalue weighted by atomic mass is 10.2. The van der Waals surface area contributed by atoms with Gasteiger partial charge in [-0.2, -0.15) is 0 Å². The fraction of sp³-hybridized carbons (Fsp3) is 0.200. The van der Waals surface area contributed by atoms with Gasteiger partial charge < -0.3 is 4.74 Å². The van der Waals surface area contributed by atoms with E-state index in [9.17, 15) is 8.42 Å². The molecule has 0 aliphatic carbocycles. The van der Waals surface area contributed by atoms with Gasteiger partial charge in [0.05, 0.1) is 23.9 Å². The second-order valence-corrected chi connectivity index (χ2v) is 6.28. The monoisotopic (exact) mass is 276 g/mol. The second-order valence-electron chi connectivity index (χ2n) is 4.17. The van der Waals surface area contributed by atoms with Crippen LogP contribution in [0.25, 0.3) is 0 Å². The van der Waals surface area contributed by atoms with Crippen LogP contribution in [-0.4, -0.2) is 20.8 Å². The first-order chi connectivity index (χ1) is 9.18. The Hall–Kier alpha value is -1.65. The van der Waals surface area contributed by atoms with Gasteiger partial charge in [-0.15, -0.1) is 0 Å². The maximum atomic E-state index is 12.0. The molecule has 19 heavy (non-hydrogen) atoms. The normalized spacial score (nSPS) is 11.4. The average molecular weight is 276 g/mol. The largest absolute Gasteiger partial charge is 0.376 e. The summed E-state index contributed by atoms with van der Waals surface area (Å²) in [7, 11) is -3.24. The van der Waals surface area contributed by atoms with Gasteiger partial charge >= 0.3 is 0 Å². The molecule has 0 fully saturated rings. The summed E-state index contributed by atoms with van der Waals surface area (Å²) in [6.45, 7) is 0.636. The van der Waals surface area contributed by atoms with Gasteiger partial charge in [0.25, 0.3) is 0 Å². The number of sulfone groups is 1. The molecule has 0 aliphatic heterocycles. The first-order valence-electron chi connectivity index (χ1n) is 6.08. The molecule has 0 heterocycles. The Bertz CT molecular complexity index is 592. The Morgan fingerprint density at radius 2 is 1.42 bits per heavy atom. The Labute approximate surface area is 113 Å². The molecule has 0 bridgehead atoms. The van der Waals surface area contributed by atoms with E-state index in [1.807, 2.05) is 30.3 Å². The van der Waals surface area contributed by atoms with Gasteiger partial charge in [-0.25, -0.2) is 8.42 Å². The molecule has 0 radical (unpaired) electrons. The number of rotatable bonds is 6. The highest BCUT2D eigenvalue weighted by molar-refractivity contribution is 7.91. The third-order valence-electron chi connectivity index (χ3n) is 2.71. The average Bonchev–Trinajstić information content (AvgIpc) is 2.46. The summed E-state index contributed by atoms with van der Waals surface area (Å²) in [4.78, 5) is 0.346. The van der Waals surface area contributed by atoms with Crippen LogP contribution >= 0.6 is 0 Å². The van der Waals surface area contributed by atoms with E-state index in [4.69, 9.17) is 4.74 Å². The molecule has 0 saturated carbocycles. The Morgan fingerprint density at radius 3 is 2.05 bits per heavy atom. The summed E-state index contributed by atoms with van der Waals surface area (Å²) in [6.07, 6.45) is 0. The summed E-state index contributed by atoms with van der Waals surface area (Å²) in [5, 5.41) is 0. The standard InChI is InChI=1S/C15H16O3S/c16-19(17,15-9-5-2-6-10-15)12-11-18-13-14-7-3-1-4-8-14/h1-10H,11-13H2. The van der Waals surface area contributed by atoms with Crippen molar-refractivity contribution < 1.29 is 13.2 Å². The van der Waals surface area contributed by atoms with Gasteiger partial charge in [0.15, 0.2) is 9.84 Å². The minimum absolute atomic E-state index is 0.00382. The maximum Gasteiger partial charge on any atom is 0.180 e. The van der Waals surface area contributed by atoms with Crippen LogP contribution in [0, 0.1) is 0 Å². The zero-order valence-electron chi connectivity index (χ0n) is 10.5. The van der Waals surface area contributed by atoms with Crippen LogP contribution in [0.2, 0.25) is 0 Å². The summed E-state index contributed by atoms with van der Waals surface area (Å²) < 4.78 is 29.3. The molecular weight excluding hydrogens is 260 g/mol. The quantitative estimate of drug-likeness (QED) is 0.762. The maximum absolute atomic E-state index is 12.0. The molecule has 0 aliphatic rings. The lowest BCUT2D eigenvalue weighted by Gasteiger charge is -2.06. The number of benzene rings is 2. The molecule has 3 nitrogen and oxygen atoms in total. The SMILES string of the molecule is O=S(=O)(CCOCc1ccccc1)c1ccccc1. The third kappa shape index (κ3) is 4.19. The number of hydrogen-bond acceptors (Lipinski definition) is 3. The van der Waals surface area contributed by atoms with Crippen molar-refractivity contribution in [2.45, 2.75) is 11.5 Å². The molecule has 0 spiro atoms. The lowest BCUT2D eigenvalue weighted by molar-refractivity contribution is 0.135. The van der Waals surface area contributed by atoms with Gasteiger partial charge in [-0.3, -0.25) is 0 Å². The third-order valence-corrected chi connectivity index (χ3v) is 4.40. The van der Waals surface area contributed by atoms with Gasteiger partial charge in [0, 0.05) is 0 Å². The van der Waals surface area contributed by atoms with E-state index in [0.29, 0.717) is 11.5 Å². The molecule has 100 valence electrons. The highest BCUT2D eigenvalue weighted by Crippen LogP contribution is 2.10. The van der Waals surface area contributed by atoms with Gasteiger partial charge in [-0.05, 0) is 17.7 Å². The van der Waals surface area contributed by atoms with Crippen molar-refractivity contribution in [2.75, 3.05) is 12.4 Å². The Kier molecular flexibility index (Phi) is 4.71. The fourth-order valence-corrected chi connectivity index (χ4v) is 2.82. The van der Waals surface area contributed by atoms with Crippen molar-refractivity contribution in [3.8, 4) is 0 Å².